The van der Waals surface area contributed by atoms with E-state index in [4.69, 9.17) is 10.2 Å². The number of rotatable bonds is 5. The van der Waals surface area contributed by atoms with Gasteiger partial charge >= 0.3 is 0 Å². The average Bonchev–Trinajstić information content (AvgIpc) is 2.77. The van der Waals surface area contributed by atoms with E-state index in [-0.39, 0.29) is 12.2 Å². The zero-order valence-electron chi connectivity index (χ0n) is 16.0. The van der Waals surface area contributed by atoms with Crippen LogP contribution in [0.4, 0.5) is 10.3 Å². The fraction of sp³-hybridized carbons (Fsp3) is 0.273. The number of piperazine rings is 1. The number of benzene rings is 1. The van der Waals surface area contributed by atoms with Gasteiger partial charge in [0.2, 0.25) is 5.95 Å². The largest absolute Gasteiger partial charge is 0.338 e. The van der Waals surface area contributed by atoms with Crippen molar-refractivity contribution in [1.82, 2.24) is 19.9 Å². The Balaban J connectivity index is 1.45. The van der Waals surface area contributed by atoms with Crippen molar-refractivity contribution >= 4 is 5.95 Å². The predicted molar refractivity (Wildman–Crippen MR) is 108 cm³/mol. The van der Waals surface area contributed by atoms with Gasteiger partial charge in [-0.25, -0.2) is 14.4 Å². The molecule has 3 heterocycles. The summed E-state index contributed by atoms with van der Waals surface area (Å²) in [5.41, 5.74) is 3.06. The lowest BCUT2D eigenvalue weighted by Crippen LogP contribution is -2.46. The molecule has 29 heavy (non-hydrogen) atoms. The van der Waals surface area contributed by atoms with Gasteiger partial charge in [-0.2, -0.15) is 5.26 Å². The second-order valence-electron chi connectivity index (χ2n) is 6.93. The minimum absolute atomic E-state index is 0.157. The van der Waals surface area contributed by atoms with Crippen molar-refractivity contribution < 1.29 is 4.39 Å². The van der Waals surface area contributed by atoms with Crippen LogP contribution < -0.4 is 4.90 Å². The Labute approximate surface area is 169 Å². The second-order valence-corrected chi connectivity index (χ2v) is 6.93. The molecule has 0 N–H and O–H groups in total. The minimum atomic E-state index is -0.157. The highest BCUT2D eigenvalue weighted by atomic mass is 19.1. The molecule has 0 spiro atoms. The van der Waals surface area contributed by atoms with E-state index in [9.17, 15) is 4.39 Å². The lowest BCUT2D eigenvalue weighted by Gasteiger charge is -2.34. The lowest BCUT2D eigenvalue weighted by molar-refractivity contribution is 0.245. The van der Waals surface area contributed by atoms with Gasteiger partial charge in [-0.05, 0) is 24.3 Å². The third-order valence-corrected chi connectivity index (χ3v) is 5.06. The summed E-state index contributed by atoms with van der Waals surface area (Å²) in [6.45, 7) is 3.78. The van der Waals surface area contributed by atoms with Crippen LogP contribution in [-0.2, 0) is 13.0 Å². The zero-order valence-corrected chi connectivity index (χ0v) is 16.0. The Morgan fingerprint density at radius 2 is 1.79 bits per heavy atom. The van der Waals surface area contributed by atoms with E-state index < -0.39 is 0 Å². The number of halogens is 1. The van der Waals surface area contributed by atoms with E-state index in [0.717, 1.165) is 43.0 Å². The van der Waals surface area contributed by atoms with E-state index in [2.05, 4.69) is 25.8 Å². The van der Waals surface area contributed by atoms with Crippen LogP contribution in [-0.4, -0.2) is 46.0 Å². The number of pyridine rings is 1. The first-order chi connectivity index (χ1) is 14.2. The van der Waals surface area contributed by atoms with Crippen LogP contribution in [0.5, 0.6) is 0 Å². The van der Waals surface area contributed by atoms with Crippen molar-refractivity contribution in [2.75, 3.05) is 31.1 Å². The van der Waals surface area contributed by atoms with Gasteiger partial charge in [0, 0.05) is 56.2 Å². The van der Waals surface area contributed by atoms with Crippen LogP contribution in [0, 0.1) is 17.1 Å². The van der Waals surface area contributed by atoms with Gasteiger partial charge < -0.3 is 4.90 Å². The first kappa shape index (κ1) is 19.0. The van der Waals surface area contributed by atoms with E-state index in [1.807, 2.05) is 30.3 Å². The molecule has 0 bridgehead atoms. The van der Waals surface area contributed by atoms with Gasteiger partial charge in [0.25, 0.3) is 0 Å². The summed E-state index contributed by atoms with van der Waals surface area (Å²) in [6.07, 6.45) is 3.67. The van der Waals surface area contributed by atoms with Gasteiger partial charge in [-0.15, -0.1) is 0 Å². The van der Waals surface area contributed by atoms with Gasteiger partial charge in [-0.3, -0.25) is 9.88 Å². The third kappa shape index (κ3) is 4.39. The molecule has 6 nitrogen and oxygen atoms in total. The molecule has 2 aromatic heterocycles. The van der Waals surface area contributed by atoms with Crippen LogP contribution in [0.25, 0.3) is 11.3 Å². The monoisotopic (exact) mass is 388 g/mol. The molecule has 4 rings (SSSR count). The highest BCUT2D eigenvalue weighted by molar-refractivity contribution is 5.63. The molecule has 1 aromatic carbocycles. The number of hydrogen-bond donors (Lipinski definition) is 0. The van der Waals surface area contributed by atoms with Gasteiger partial charge in [0.15, 0.2) is 0 Å². The molecule has 0 radical (unpaired) electrons. The summed E-state index contributed by atoms with van der Waals surface area (Å²) < 4.78 is 13.9. The van der Waals surface area contributed by atoms with Crippen molar-refractivity contribution in [2.24, 2.45) is 0 Å². The molecule has 1 aliphatic rings. The fourth-order valence-corrected chi connectivity index (χ4v) is 3.51. The first-order valence-electron chi connectivity index (χ1n) is 9.59. The van der Waals surface area contributed by atoms with Crippen molar-refractivity contribution in [3.8, 4) is 17.3 Å². The maximum Gasteiger partial charge on any atom is 0.225 e. The summed E-state index contributed by atoms with van der Waals surface area (Å²) in [6, 6.07) is 14.7. The Hall–Kier alpha value is -3.37. The number of aromatic nitrogens is 3. The third-order valence-electron chi connectivity index (χ3n) is 5.06. The van der Waals surface area contributed by atoms with Crippen molar-refractivity contribution in [3.05, 3.63) is 71.9 Å². The average molecular weight is 388 g/mol. The van der Waals surface area contributed by atoms with Gasteiger partial charge in [0.1, 0.15) is 5.82 Å². The smallest absolute Gasteiger partial charge is 0.225 e. The van der Waals surface area contributed by atoms with Crippen LogP contribution >= 0.6 is 0 Å². The van der Waals surface area contributed by atoms with E-state index in [1.165, 1.54) is 6.07 Å². The van der Waals surface area contributed by atoms with Crippen molar-refractivity contribution in [2.45, 2.75) is 13.0 Å². The molecule has 146 valence electrons. The van der Waals surface area contributed by atoms with Crippen molar-refractivity contribution in [3.63, 3.8) is 0 Å². The van der Waals surface area contributed by atoms with E-state index in [1.54, 1.807) is 18.5 Å². The SMILES string of the molecule is N#CCc1ncccc1-c1ccnc(N2CCN(Cc3ccccc3F)CC2)n1. The Morgan fingerprint density at radius 1 is 0.966 bits per heavy atom. The second kappa shape index (κ2) is 8.76. The van der Waals surface area contributed by atoms with Gasteiger partial charge in [-0.1, -0.05) is 18.2 Å². The maximum atomic E-state index is 13.9. The maximum absolute atomic E-state index is 13.9. The summed E-state index contributed by atoms with van der Waals surface area (Å²) in [4.78, 5) is 17.8. The molecular formula is C22H21FN6. The molecule has 1 fully saturated rings. The number of nitriles is 1. The number of anilines is 1. The molecule has 0 saturated carbocycles. The van der Waals surface area contributed by atoms with Gasteiger partial charge in [0.05, 0.1) is 23.9 Å². The molecule has 1 aliphatic heterocycles. The van der Waals surface area contributed by atoms with E-state index >= 15 is 0 Å². The number of nitrogens with zero attached hydrogens (tertiary/aromatic N) is 6. The highest BCUT2D eigenvalue weighted by Crippen LogP contribution is 2.23. The normalized spacial score (nSPS) is 14.6. The van der Waals surface area contributed by atoms with Crippen LogP contribution in [0.2, 0.25) is 0 Å². The molecule has 3 aromatic rings. The van der Waals surface area contributed by atoms with Crippen LogP contribution in [0.1, 0.15) is 11.3 Å². The predicted octanol–water partition coefficient (Wildman–Crippen LogP) is 3.07. The Bertz CT molecular complexity index is 1020. The van der Waals surface area contributed by atoms with Crippen molar-refractivity contribution in [1.29, 1.82) is 5.26 Å². The van der Waals surface area contributed by atoms with E-state index in [0.29, 0.717) is 18.2 Å². The standard InChI is InChI=1S/C22H21FN6/c23-19-6-2-1-4-17(19)16-28-12-14-29(15-13-28)22-26-11-8-21(27-22)18-5-3-10-25-20(18)7-9-24/h1-6,8,10-11H,7,12-16H2. The molecule has 0 amide bonds. The molecule has 0 aliphatic carbocycles. The Kier molecular flexibility index (Phi) is 5.73. The van der Waals surface area contributed by atoms with Crippen LogP contribution in [0.3, 0.4) is 0 Å². The molecule has 0 atom stereocenters. The summed E-state index contributed by atoms with van der Waals surface area (Å²) in [5.74, 6) is 0.510. The number of hydrogen-bond acceptors (Lipinski definition) is 6. The molecule has 0 unspecified atom stereocenters. The van der Waals surface area contributed by atoms with Crippen LogP contribution in [0.15, 0.2) is 54.9 Å². The topological polar surface area (TPSA) is 68.9 Å². The molecule has 1 saturated heterocycles. The highest BCUT2D eigenvalue weighted by Gasteiger charge is 2.20. The summed E-state index contributed by atoms with van der Waals surface area (Å²) >= 11 is 0. The summed E-state index contributed by atoms with van der Waals surface area (Å²) in [5, 5.41) is 9.04. The summed E-state index contributed by atoms with van der Waals surface area (Å²) in [7, 11) is 0. The fourth-order valence-electron chi connectivity index (χ4n) is 3.51. The first-order valence-corrected chi connectivity index (χ1v) is 9.59. The zero-order chi connectivity index (χ0) is 20.1. The lowest BCUT2D eigenvalue weighted by atomic mass is 10.1. The molecular weight excluding hydrogens is 367 g/mol. The minimum Gasteiger partial charge on any atom is -0.338 e. The quantitative estimate of drug-likeness (QED) is 0.669. The Morgan fingerprint density at radius 3 is 2.59 bits per heavy atom. The molecule has 7 heteroatoms.